The summed E-state index contributed by atoms with van der Waals surface area (Å²) in [6, 6.07) is 5.15. The van der Waals surface area contributed by atoms with Crippen LogP contribution in [-0.2, 0) is 0 Å². The Morgan fingerprint density at radius 2 is 1.87 bits per heavy atom. The van der Waals surface area contributed by atoms with Crippen molar-refractivity contribution < 1.29 is 14.6 Å². The van der Waals surface area contributed by atoms with E-state index in [0.717, 1.165) is 19.3 Å². The van der Waals surface area contributed by atoms with Gasteiger partial charge in [0.05, 0.1) is 12.2 Å². The monoisotopic (exact) mass is 319 g/mol. The van der Waals surface area contributed by atoms with Gasteiger partial charge in [0.15, 0.2) is 11.5 Å². The fourth-order valence-corrected chi connectivity index (χ4v) is 4.19. The number of amides is 1. The Morgan fingerprint density at radius 3 is 2.43 bits per heavy atom. The summed E-state index contributed by atoms with van der Waals surface area (Å²) in [7, 11) is 0. The van der Waals surface area contributed by atoms with E-state index in [-0.39, 0.29) is 34.1 Å². The quantitative estimate of drug-likeness (QED) is 0.877. The zero-order valence-corrected chi connectivity index (χ0v) is 14.9. The first-order valence-electron chi connectivity index (χ1n) is 8.39. The minimum Gasteiger partial charge on any atom is -0.504 e. The van der Waals surface area contributed by atoms with Crippen LogP contribution >= 0.6 is 0 Å². The lowest BCUT2D eigenvalue weighted by molar-refractivity contribution is 0.0711. The standard InChI is InChI=1S/C19H29NO3/c1-6-23-15-9-7-8-14(16(15)21)17(22)20-13-10-18(2,3)12-19(4,5)11-13/h7-9,13,21H,6,10-12H2,1-5H3,(H,20,22). The van der Waals surface area contributed by atoms with Gasteiger partial charge in [-0.1, -0.05) is 33.8 Å². The Bertz CT molecular complexity index is 562. The summed E-state index contributed by atoms with van der Waals surface area (Å²) in [5, 5.41) is 13.3. The van der Waals surface area contributed by atoms with Gasteiger partial charge in [0.25, 0.3) is 5.91 Å². The molecule has 0 bridgehead atoms. The molecule has 0 atom stereocenters. The van der Waals surface area contributed by atoms with Gasteiger partial charge in [0.1, 0.15) is 0 Å². The zero-order valence-electron chi connectivity index (χ0n) is 14.9. The van der Waals surface area contributed by atoms with E-state index in [1.165, 1.54) is 0 Å². The van der Waals surface area contributed by atoms with Gasteiger partial charge in [0, 0.05) is 6.04 Å². The minimum atomic E-state index is -0.234. The van der Waals surface area contributed by atoms with Gasteiger partial charge in [0.2, 0.25) is 0 Å². The molecule has 1 amide bonds. The van der Waals surface area contributed by atoms with Gasteiger partial charge in [-0.3, -0.25) is 4.79 Å². The molecule has 23 heavy (non-hydrogen) atoms. The highest BCUT2D eigenvalue weighted by Gasteiger charge is 2.39. The predicted molar refractivity (Wildman–Crippen MR) is 91.9 cm³/mol. The summed E-state index contributed by atoms with van der Waals surface area (Å²) in [5.74, 6) is 0.0354. The minimum absolute atomic E-state index is 0.0822. The van der Waals surface area contributed by atoms with E-state index in [1.54, 1.807) is 18.2 Å². The van der Waals surface area contributed by atoms with Crippen molar-refractivity contribution >= 4 is 5.91 Å². The third-order valence-electron chi connectivity index (χ3n) is 4.43. The van der Waals surface area contributed by atoms with E-state index < -0.39 is 0 Å². The van der Waals surface area contributed by atoms with Crippen LogP contribution in [0.25, 0.3) is 0 Å². The number of phenols is 1. The van der Waals surface area contributed by atoms with Crippen LogP contribution in [0.4, 0.5) is 0 Å². The molecule has 0 aromatic heterocycles. The Hall–Kier alpha value is -1.71. The number of ether oxygens (including phenoxy) is 1. The summed E-state index contributed by atoms with van der Waals surface area (Å²) in [4.78, 5) is 12.6. The molecule has 1 aromatic rings. The van der Waals surface area contributed by atoms with E-state index in [4.69, 9.17) is 4.74 Å². The fourth-order valence-electron chi connectivity index (χ4n) is 4.19. The normalized spacial score (nSPS) is 20.0. The zero-order chi connectivity index (χ0) is 17.3. The molecule has 1 fully saturated rings. The number of aromatic hydroxyl groups is 1. The Balaban J connectivity index is 2.14. The van der Waals surface area contributed by atoms with Gasteiger partial charge in [-0.25, -0.2) is 0 Å². The first-order valence-corrected chi connectivity index (χ1v) is 8.39. The number of carbonyl (C=O) groups excluding carboxylic acids is 1. The maximum atomic E-state index is 12.6. The maximum Gasteiger partial charge on any atom is 0.255 e. The molecule has 1 aromatic carbocycles. The van der Waals surface area contributed by atoms with E-state index in [2.05, 4.69) is 33.0 Å². The largest absolute Gasteiger partial charge is 0.504 e. The highest BCUT2D eigenvalue weighted by molar-refractivity contribution is 5.97. The molecule has 2 rings (SSSR count). The average Bonchev–Trinajstić information content (AvgIpc) is 2.37. The number of carbonyl (C=O) groups is 1. The van der Waals surface area contributed by atoms with E-state index in [9.17, 15) is 9.90 Å². The SMILES string of the molecule is CCOc1cccc(C(=O)NC2CC(C)(C)CC(C)(C)C2)c1O. The lowest BCUT2D eigenvalue weighted by atomic mass is 9.63. The van der Waals surface area contributed by atoms with Gasteiger partial charge in [-0.15, -0.1) is 0 Å². The highest BCUT2D eigenvalue weighted by atomic mass is 16.5. The lowest BCUT2D eigenvalue weighted by Gasteiger charge is -2.45. The van der Waals surface area contributed by atoms with Crippen LogP contribution in [0, 0.1) is 10.8 Å². The van der Waals surface area contributed by atoms with Crippen LogP contribution in [0.3, 0.4) is 0 Å². The first-order chi connectivity index (χ1) is 10.6. The van der Waals surface area contributed by atoms with Crippen LogP contribution < -0.4 is 10.1 Å². The lowest BCUT2D eigenvalue weighted by Crippen LogP contribution is -2.46. The molecule has 0 aliphatic heterocycles. The van der Waals surface area contributed by atoms with Crippen molar-refractivity contribution in [2.24, 2.45) is 10.8 Å². The van der Waals surface area contributed by atoms with Crippen LogP contribution in [0.5, 0.6) is 11.5 Å². The van der Waals surface area contributed by atoms with Gasteiger partial charge < -0.3 is 15.2 Å². The summed E-state index contributed by atoms with van der Waals surface area (Å²) < 4.78 is 5.35. The number of para-hydroxylation sites is 1. The van der Waals surface area contributed by atoms with Crippen molar-refractivity contribution in [1.29, 1.82) is 0 Å². The molecule has 0 unspecified atom stereocenters. The van der Waals surface area contributed by atoms with Crippen molar-refractivity contribution in [3.63, 3.8) is 0 Å². The Kier molecular flexibility index (Phi) is 4.92. The van der Waals surface area contributed by atoms with Crippen LogP contribution in [0.15, 0.2) is 18.2 Å². The number of phenolic OH excluding ortho intramolecular Hbond substituents is 1. The molecule has 0 heterocycles. The molecule has 1 aliphatic carbocycles. The fraction of sp³-hybridized carbons (Fsp3) is 0.632. The number of rotatable bonds is 4. The third-order valence-corrected chi connectivity index (χ3v) is 4.43. The smallest absolute Gasteiger partial charge is 0.255 e. The molecule has 4 nitrogen and oxygen atoms in total. The van der Waals surface area contributed by atoms with E-state index in [0.29, 0.717) is 12.4 Å². The average molecular weight is 319 g/mol. The van der Waals surface area contributed by atoms with Crippen molar-refractivity contribution in [2.75, 3.05) is 6.61 Å². The topological polar surface area (TPSA) is 58.6 Å². The second kappa shape index (κ2) is 6.42. The number of benzene rings is 1. The van der Waals surface area contributed by atoms with Gasteiger partial charge in [-0.2, -0.15) is 0 Å². The molecule has 128 valence electrons. The molecule has 4 heteroatoms. The maximum absolute atomic E-state index is 12.6. The molecular formula is C19H29NO3. The number of hydrogen-bond acceptors (Lipinski definition) is 3. The number of nitrogens with one attached hydrogen (secondary N) is 1. The van der Waals surface area contributed by atoms with Crippen LogP contribution in [0.1, 0.15) is 64.2 Å². The van der Waals surface area contributed by atoms with Crippen LogP contribution in [0.2, 0.25) is 0 Å². The Morgan fingerprint density at radius 1 is 1.26 bits per heavy atom. The van der Waals surface area contributed by atoms with Crippen molar-refractivity contribution in [3.05, 3.63) is 23.8 Å². The molecule has 0 spiro atoms. The second-order valence-electron chi connectivity index (χ2n) is 8.17. The summed E-state index contributed by atoms with van der Waals surface area (Å²) >= 11 is 0. The van der Waals surface area contributed by atoms with E-state index >= 15 is 0 Å². The van der Waals surface area contributed by atoms with Crippen molar-refractivity contribution in [1.82, 2.24) is 5.32 Å². The first kappa shape index (κ1) is 17.6. The van der Waals surface area contributed by atoms with Gasteiger partial charge in [-0.05, 0) is 49.1 Å². The summed E-state index contributed by atoms with van der Waals surface area (Å²) in [5.41, 5.74) is 0.682. The highest BCUT2D eigenvalue weighted by Crippen LogP contribution is 2.45. The molecule has 0 radical (unpaired) electrons. The molecule has 0 saturated heterocycles. The second-order valence-corrected chi connectivity index (χ2v) is 8.17. The van der Waals surface area contributed by atoms with Crippen molar-refractivity contribution in [2.45, 2.75) is 59.9 Å². The molecule has 2 N–H and O–H groups in total. The van der Waals surface area contributed by atoms with Crippen molar-refractivity contribution in [3.8, 4) is 11.5 Å². The van der Waals surface area contributed by atoms with Gasteiger partial charge >= 0.3 is 0 Å². The molecule has 1 saturated carbocycles. The molecule has 1 aliphatic rings. The van der Waals surface area contributed by atoms with E-state index in [1.807, 2.05) is 6.92 Å². The predicted octanol–water partition coefficient (Wildman–Crippen LogP) is 4.13. The third kappa shape index (κ3) is 4.40. The van der Waals surface area contributed by atoms with Crippen LogP contribution in [-0.4, -0.2) is 23.7 Å². The Labute approximate surface area is 139 Å². The summed E-state index contributed by atoms with van der Waals surface area (Å²) in [6.07, 6.45) is 3.06. The summed E-state index contributed by atoms with van der Waals surface area (Å²) in [6.45, 7) is 11.3. The number of hydrogen-bond donors (Lipinski definition) is 2. The molecular weight excluding hydrogens is 290 g/mol.